The lowest BCUT2D eigenvalue weighted by Crippen LogP contribution is -2.61. The lowest BCUT2D eigenvalue weighted by molar-refractivity contribution is -0.153. The maximum Gasteiger partial charge on any atom is 0.422 e. The highest BCUT2D eigenvalue weighted by Crippen LogP contribution is 2.48. The zero-order valence-corrected chi connectivity index (χ0v) is 25.3. The SMILES string of the molecule is C=Cc1cc2c(N3CCC4(CC3)CN(C(C)=O)C4)nc(C3CCOC3)nc2c(OCC(F)(F)F)c1-c1c(C)ccc2[nH]ncc12. The van der Waals surface area contributed by atoms with Gasteiger partial charge in [0.15, 0.2) is 12.4 Å². The van der Waals surface area contributed by atoms with Crippen LogP contribution in [0.3, 0.4) is 0 Å². The number of likely N-dealkylation sites (tertiary alicyclic amines) is 1. The van der Waals surface area contributed by atoms with Gasteiger partial charge in [-0.1, -0.05) is 18.7 Å². The van der Waals surface area contributed by atoms with Gasteiger partial charge in [-0.3, -0.25) is 9.89 Å². The van der Waals surface area contributed by atoms with Crippen molar-refractivity contribution in [3.8, 4) is 16.9 Å². The van der Waals surface area contributed by atoms with Crippen molar-refractivity contribution >= 4 is 39.6 Å². The van der Waals surface area contributed by atoms with E-state index in [1.807, 2.05) is 30.0 Å². The van der Waals surface area contributed by atoms with Gasteiger partial charge in [-0.15, -0.1) is 0 Å². The molecule has 3 fully saturated rings. The van der Waals surface area contributed by atoms with Crippen molar-refractivity contribution in [1.82, 2.24) is 25.1 Å². The van der Waals surface area contributed by atoms with Crippen LogP contribution < -0.4 is 9.64 Å². The number of aryl methyl sites for hydroxylation is 1. The van der Waals surface area contributed by atoms with Crippen LogP contribution in [0.5, 0.6) is 5.75 Å². The van der Waals surface area contributed by atoms with E-state index in [9.17, 15) is 18.0 Å². The second-order valence-electron chi connectivity index (χ2n) is 12.6. The van der Waals surface area contributed by atoms with Crippen LogP contribution in [0.1, 0.15) is 49.1 Å². The summed E-state index contributed by atoms with van der Waals surface area (Å²) in [7, 11) is 0. The van der Waals surface area contributed by atoms with E-state index in [4.69, 9.17) is 19.4 Å². The minimum absolute atomic E-state index is 0.0462. The van der Waals surface area contributed by atoms with Crippen LogP contribution in [-0.4, -0.2) is 83.1 Å². The number of hydrogen-bond donors (Lipinski definition) is 1. The van der Waals surface area contributed by atoms with Gasteiger partial charge >= 0.3 is 6.18 Å². The summed E-state index contributed by atoms with van der Waals surface area (Å²) in [5, 5.41) is 8.54. The van der Waals surface area contributed by atoms with Crippen LogP contribution in [0.2, 0.25) is 0 Å². The number of benzene rings is 2. The number of nitrogens with zero attached hydrogens (tertiary/aromatic N) is 5. The van der Waals surface area contributed by atoms with Gasteiger partial charge < -0.3 is 19.3 Å². The molecule has 3 aliphatic heterocycles. The molecule has 5 heterocycles. The summed E-state index contributed by atoms with van der Waals surface area (Å²) in [6.45, 7) is 10.0. The van der Waals surface area contributed by atoms with Crippen molar-refractivity contribution in [2.45, 2.75) is 45.2 Å². The van der Waals surface area contributed by atoms with Crippen LogP contribution in [0.25, 0.3) is 39.0 Å². The average molecular weight is 621 g/mol. The van der Waals surface area contributed by atoms with Gasteiger partial charge in [-0.25, -0.2) is 9.97 Å². The second kappa shape index (κ2) is 11.0. The third-order valence-electron chi connectivity index (χ3n) is 9.57. The van der Waals surface area contributed by atoms with Gasteiger partial charge in [0.1, 0.15) is 17.2 Å². The fraction of sp³-hybridized carbons (Fsp3) is 0.455. The first-order chi connectivity index (χ1) is 21.6. The van der Waals surface area contributed by atoms with Crippen molar-refractivity contribution in [1.29, 1.82) is 0 Å². The third kappa shape index (κ3) is 5.28. The third-order valence-corrected chi connectivity index (χ3v) is 9.57. The molecule has 12 heteroatoms. The Morgan fingerprint density at radius 3 is 2.64 bits per heavy atom. The molecule has 236 valence electrons. The van der Waals surface area contributed by atoms with Gasteiger partial charge in [-0.05, 0) is 55.0 Å². The minimum Gasteiger partial charge on any atom is -0.481 e. The first kappa shape index (κ1) is 29.5. The van der Waals surface area contributed by atoms with Gasteiger partial charge in [0.05, 0.1) is 18.3 Å². The smallest absolute Gasteiger partial charge is 0.422 e. The number of aromatic nitrogens is 4. The van der Waals surface area contributed by atoms with Crippen LogP contribution in [0.4, 0.5) is 19.0 Å². The van der Waals surface area contributed by atoms with Crippen molar-refractivity contribution in [2.75, 3.05) is 50.9 Å². The van der Waals surface area contributed by atoms with E-state index < -0.39 is 12.8 Å². The Hall–Kier alpha value is -4.19. The Bertz CT molecular complexity index is 1800. The van der Waals surface area contributed by atoms with E-state index in [0.717, 1.165) is 48.8 Å². The highest BCUT2D eigenvalue weighted by molar-refractivity contribution is 6.07. The topological polar surface area (TPSA) is 96.5 Å². The summed E-state index contributed by atoms with van der Waals surface area (Å²) in [4.78, 5) is 25.9. The number of anilines is 1. The molecule has 4 aromatic rings. The Balaban J connectivity index is 1.42. The molecule has 0 radical (unpaired) electrons. The molecule has 3 aliphatic rings. The number of alkyl halides is 3. The second-order valence-corrected chi connectivity index (χ2v) is 12.6. The maximum atomic E-state index is 13.8. The molecule has 45 heavy (non-hydrogen) atoms. The van der Waals surface area contributed by atoms with Gasteiger partial charge in [0.25, 0.3) is 0 Å². The van der Waals surface area contributed by atoms with Crippen molar-refractivity contribution in [3.63, 3.8) is 0 Å². The maximum absolute atomic E-state index is 13.8. The average Bonchev–Trinajstić information content (AvgIpc) is 3.70. The summed E-state index contributed by atoms with van der Waals surface area (Å²) < 4.78 is 52.8. The summed E-state index contributed by atoms with van der Waals surface area (Å²) in [5.41, 5.74) is 3.83. The fourth-order valence-electron chi connectivity index (χ4n) is 7.09. The number of ether oxygens (including phenoxy) is 2. The fourth-order valence-corrected chi connectivity index (χ4v) is 7.09. The Labute approximate surface area is 258 Å². The molecule has 2 aromatic carbocycles. The lowest BCUT2D eigenvalue weighted by Gasteiger charge is -2.54. The molecule has 0 aliphatic carbocycles. The van der Waals surface area contributed by atoms with Crippen molar-refractivity contribution in [3.05, 3.63) is 47.9 Å². The van der Waals surface area contributed by atoms with E-state index in [-0.39, 0.29) is 23.0 Å². The number of carbonyl (C=O) groups is 1. The molecule has 1 N–H and O–H groups in total. The number of nitrogens with one attached hydrogen (secondary N) is 1. The minimum atomic E-state index is -4.57. The summed E-state index contributed by atoms with van der Waals surface area (Å²) >= 11 is 0. The summed E-state index contributed by atoms with van der Waals surface area (Å²) in [6, 6.07) is 5.72. The molecule has 1 unspecified atom stereocenters. The monoisotopic (exact) mass is 620 g/mol. The van der Waals surface area contributed by atoms with Gasteiger partial charge in [0, 0.05) is 67.4 Å². The van der Waals surface area contributed by atoms with Crippen LogP contribution in [0, 0.1) is 12.3 Å². The highest BCUT2D eigenvalue weighted by Gasteiger charge is 2.46. The number of carbonyl (C=O) groups excluding carboxylic acids is 1. The normalized spacial score (nSPS) is 19.8. The van der Waals surface area contributed by atoms with Crippen LogP contribution >= 0.6 is 0 Å². The molecule has 0 saturated carbocycles. The van der Waals surface area contributed by atoms with E-state index in [2.05, 4.69) is 21.7 Å². The van der Waals surface area contributed by atoms with E-state index in [0.29, 0.717) is 65.5 Å². The molecule has 1 atom stereocenters. The molecule has 7 rings (SSSR count). The number of hydrogen-bond acceptors (Lipinski definition) is 7. The van der Waals surface area contributed by atoms with Crippen LogP contribution in [-0.2, 0) is 9.53 Å². The number of aromatic amines is 1. The van der Waals surface area contributed by atoms with Gasteiger partial charge in [0.2, 0.25) is 5.91 Å². The predicted molar refractivity (Wildman–Crippen MR) is 165 cm³/mol. The first-order valence-electron chi connectivity index (χ1n) is 15.3. The standard InChI is InChI=1S/C33H35F3N6O3/c1-4-21-13-23-28(29(45-18-33(34,35)36)27(21)26-19(2)5-6-25-24(26)14-37-40-25)38-30(22-7-12-44-15-22)39-31(23)41-10-8-32(9-11-41)16-42(17-32)20(3)43/h4-6,13-14,22H,1,7-12,15-18H2,2-3H3,(H,37,40). The van der Waals surface area contributed by atoms with Crippen molar-refractivity contribution < 1.29 is 27.4 Å². The number of halogens is 3. The van der Waals surface area contributed by atoms with Crippen molar-refractivity contribution in [2.24, 2.45) is 5.41 Å². The number of amides is 1. The van der Waals surface area contributed by atoms with E-state index in [1.165, 1.54) is 0 Å². The molecule has 1 amide bonds. The Morgan fingerprint density at radius 2 is 1.98 bits per heavy atom. The first-order valence-corrected chi connectivity index (χ1v) is 15.3. The number of rotatable bonds is 6. The lowest BCUT2D eigenvalue weighted by atomic mass is 9.72. The zero-order chi connectivity index (χ0) is 31.5. The Kier molecular flexibility index (Phi) is 7.22. The molecule has 2 aromatic heterocycles. The summed E-state index contributed by atoms with van der Waals surface area (Å²) in [5.74, 6) is 1.26. The summed E-state index contributed by atoms with van der Waals surface area (Å²) in [6.07, 6.45) is 1.24. The number of piperidine rings is 1. The molecule has 1 spiro atoms. The number of fused-ring (bicyclic) bond motifs is 2. The molecule has 3 saturated heterocycles. The zero-order valence-electron chi connectivity index (χ0n) is 25.3. The molecule has 0 bridgehead atoms. The highest BCUT2D eigenvalue weighted by atomic mass is 19.4. The van der Waals surface area contributed by atoms with Gasteiger partial charge in [-0.2, -0.15) is 18.3 Å². The molecule has 9 nitrogen and oxygen atoms in total. The predicted octanol–water partition coefficient (Wildman–Crippen LogP) is 6.02. The Morgan fingerprint density at radius 1 is 1.20 bits per heavy atom. The number of H-pyrrole nitrogens is 1. The van der Waals surface area contributed by atoms with E-state index in [1.54, 1.807) is 19.2 Å². The van der Waals surface area contributed by atoms with Crippen LogP contribution in [0.15, 0.2) is 31.0 Å². The quantitative estimate of drug-likeness (QED) is 0.282. The molecular weight excluding hydrogens is 585 g/mol. The largest absolute Gasteiger partial charge is 0.481 e. The molecular formula is C33H35F3N6O3. The van der Waals surface area contributed by atoms with E-state index >= 15 is 0 Å².